The van der Waals surface area contributed by atoms with E-state index >= 15 is 0 Å². The Morgan fingerprint density at radius 3 is 2.50 bits per heavy atom. The zero-order valence-corrected chi connectivity index (χ0v) is 12.6. The van der Waals surface area contributed by atoms with Crippen LogP contribution in [0.2, 0.25) is 0 Å². The van der Waals surface area contributed by atoms with Crippen molar-refractivity contribution in [3.05, 3.63) is 24.4 Å². The summed E-state index contributed by atoms with van der Waals surface area (Å²) >= 11 is 0. The van der Waals surface area contributed by atoms with E-state index in [1.54, 1.807) is 0 Å². The Morgan fingerprint density at radius 2 is 1.85 bits per heavy atom. The molecule has 0 aliphatic heterocycles. The molecular weight excluding hydrogens is 250 g/mol. The Hall–Kier alpha value is -1.78. The van der Waals surface area contributed by atoms with Gasteiger partial charge in [-0.3, -0.25) is 4.68 Å². The van der Waals surface area contributed by atoms with Gasteiger partial charge in [0.15, 0.2) is 0 Å². The third-order valence-corrected chi connectivity index (χ3v) is 3.26. The average molecular weight is 273 g/mol. The zero-order chi connectivity index (χ0) is 14.4. The summed E-state index contributed by atoms with van der Waals surface area (Å²) in [5.74, 6) is 1.21. The molecule has 2 heterocycles. The smallest absolute Gasteiger partial charge is 0.130 e. The second kappa shape index (κ2) is 7.12. The molecule has 0 radical (unpaired) electrons. The number of aromatic nitrogens is 5. The molecule has 0 atom stereocenters. The number of nitrogens with zero attached hydrogens (tertiary/aromatic N) is 5. The van der Waals surface area contributed by atoms with Crippen molar-refractivity contribution in [3.8, 4) is 11.3 Å². The van der Waals surface area contributed by atoms with Crippen LogP contribution in [0.1, 0.15) is 58.2 Å². The zero-order valence-electron chi connectivity index (χ0n) is 12.6. The molecule has 0 aliphatic rings. The molecule has 0 spiro atoms. The van der Waals surface area contributed by atoms with Crippen LogP contribution in [0.4, 0.5) is 0 Å². The molecule has 20 heavy (non-hydrogen) atoms. The van der Waals surface area contributed by atoms with Gasteiger partial charge < -0.3 is 0 Å². The lowest BCUT2D eigenvalue weighted by molar-refractivity contribution is 0.527. The lowest BCUT2D eigenvalue weighted by atomic mass is 10.2. The molecule has 0 unspecified atom stereocenters. The Kier molecular flexibility index (Phi) is 5.21. The van der Waals surface area contributed by atoms with Crippen molar-refractivity contribution < 1.29 is 0 Å². The molecule has 2 aromatic rings. The Labute approximate surface area is 120 Å². The summed E-state index contributed by atoms with van der Waals surface area (Å²) < 4.78 is 1.90. The van der Waals surface area contributed by atoms with Crippen LogP contribution >= 0.6 is 0 Å². The van der Waals surface area contributed by atoms with E-state index in [0.717, 1.165) is 30.0 Å². The molecule has 2 rings (SSSR count). The minimum atomic E-state index is 0.346. The first-order valence-electron chi connectivity index (χ1n) is 7.43. The van der Waals surface area contributed by atoms with Gasteiger partial charge >= 0.3 is 0 Å². The van der Waals surface area contributed by atoms with Crippen molar-refractivity contribution in [3.63, 3.8) is 0 Å². The first-order valence-corrected chi connectivity index (χ1v) is 7.43. The molecule has 0 saturated carbocycles. The minimum Gasteiger partial charge on any atom is -0.252 e. The van der Waals surface area contributed by atoms with E-state index in [9.17, 15) is 0 Å². The van der Waals surface area contributed by atoms with Gasteiger partial charge in [-0.1, -0.05) is 45.2 Å². The summed E-state index contributed by atoms with van der Waals surface area (Å²) in [6.45, 7) is 7.31. The van der Waals surface area contributed by atoms with Crippen molar-refractivity contribution in [2.45, 2.75) is 58.9 Å². The Morgan fingerprint density at radius 1 is 1.10 bits per heavy atom. The molecule has 2 aromatic heterocycles. The first kappa shape index (κ1) is 14.6. The SMILES string of the molecule is CCCCCCn1cc(-c2cnc(C(C)C)nc2)nn1. The second-order valence-electron chi connectivity index (χ2n) is 5.41. The molecule has 0 amide bonds. The van der Waals surface area contributed by atoms with Crippen LogP contribution in [-0.2, 0) is 6.54 Å². The topological polar surface area (TPSA) is 56.5 Å². The van der Waals surface area contributed by atoms with Gasteiger partial charge in [-0.15, -0.1) is 5.10 Å². The minimum absolute atomic E-state index is 0.346. The predicted molar refractivity (Wildman–Crippen MR) is 79.3 cm³/mol. The summed E-state index contributed by atoms with van der Waals surface area (Å²) in [4.78, 5) is 8.72. The van der Waals surface area contributed by atoms with E-state index in [-0.39, 0.29) is 0 Å². The first-order chi connectivity index (χ1) is 9.70. The van der Waals surface area contributed by atoms with Crippen molar-refractivity contribution in [1.82, 2.24) is 25.0 Å². The van der Waals surface area contributed by atoms with Crippen molar-refractivity contribution in [2.75, 3.05) is 0 Å². The van der Waals surface area contributed by atoms with E-state index in [2.05, 4.69) is 41.1 Å². The van der Waals surface area contributed by atoms with E-state index < -0.39 is 0 Å². The number of rotatable bonds is 7. The van der Waals surface area contributed by atoms with Gasteiger partial charge in [-0.25, -0.2) is 9.97 Å². The fraction of sp³-hybridized carbons (Fsp3) is 0.600. The van der Waals surface area contributed by atoms with Gasteiger partial charge in [0.25, 0.3) is 0 Å². The van der Waals surface area contributed by atoms with Crippen LogP contribution in [0.25, 0.3) is 11.3 Å². The number of unbranched alkanes of at least 4 members (excludes halogenated alkanes) is 3. The van der Waals surface area contributed by atoms with Crippen molar-refractivity contribution in [2.24, 2.45) is 0 Å². The molecule has 5 heteroatoms. The van der Waals surface area contributed by atoms with Crippen LogP contribution in [0, 0.1) is 0 Å². The molecule has 0 fully saturated rings. The number of hydrogen-bond acceptors (Lipinski definition) is 4. The number of hydrogen-bond donors (Lipinski definition) is 0. The molecule has 0 N–H and O–H groups in total. The summed E-state index contributed by atoms with van der Waals surface area (Å²) in [6.07, 6.45) is 10.6. The van der Waals surface area contributed by atoms with E-state index in [1.807, 2.05) is 23.3 Å². The summed E-state index contributed by atoms with van der Waals surface area (Å²) in [5.41, 5.74) is 1.77. The average Bonchev–Trinajstić information content (AvgIpc) is 2.92. The van der Waals surface area contributed by atoms with Crippen LogP contribution in [0.3, 0.4) is 0 Å². The highest BCUT2D eigenvalue weighted by Gasteiger charge is 2.07. The van der Waals surface area contributed by atoms with Gasteiger partial charge in [0.1, 0.15) is 11.5 Å². The fourth-order valence-corrected chi connectivity index (χ4v) is 2.01. The predicted octanol–water partition coefficient (Wildman–Crippen LogP) is 3.44. The standard InChI is InChI=1S/C15H23N5/c1-4-5-6-7-8-20-11-14(18-19-20)13-9-16-15(12(2)3)17-10-13/h9-12H,4-8H2,1-3H3. The molecular formula is C15H23N5. The van der Waals surface area contributed by atoms with E-state index in [4.69, 9.17) is 0 Å². The van der Waals surface area contributed by atoms with Crippen molar-refractivity contribution >= 4 is 0 Å². The third-order valence-electron chi connectivity index (χ3n) is 3.26. The van der Waals surface area contributed by atoms with Crippen LogP contribution in [0.15, 0.2) is 18.6 Å². The van der Waals surface area contributed by atoms with E-state index in [0.29, 0.717) is 5.92 Å². The molecule has 0 saturated heterocycles. The summed E-state index contributed by atoms with van der Waals surface area (Å²) in [7, 11) is 0. The van der Waals surface area contributed by atoms with Gasteiger partial charge in [0.05, 0.1) is 6.20 Å². The Bertz CT molecular complexity index is 515. The number of aryl methyl sites for hydroxylation is 1. The maximum absolute atomic E-state index is 4.36. The molecule has 5 nitrogen and oxygen atoms in total. The lowest BCUT2D eigenvalue weighted by Crippen LogP contribution is -1.98. The van der Waals surface area contributed by atoms with Gasteiger partial charge in [-0.2, -0.15) is 0 Å². The lowest BCUT2D eigenvalue weighted by Gasteiger charge is -2.02. The summed E-state index contributed by atoms with van der Waals surface area (Å²) in [6, 6.07) is 0. The highest BCUT2D eigenvalue weighted by molar-refractivity contribution is 5.54. The molecule has 0 aromatic carbocycles. The highest BCUT2D eigenvalue weighted by Crippen LogP contribution is 2.16. The molecule has 0 bridgehead atoms. The van der Waals surface area contributed by atoms with Gasteiger partial charge in [0, 0.05) is 30.4 Å². The second-order valence-corrected chi connectivity index (χ2v) is 5.41. The van der Waals surface area contributed by atoms with Crippen LogP contribution in [-0.4, -0.2) is 25.0 Å². The maximum Gasteiger partial charge on any atom is 0.130 e. The monoisotopic (exact) mass is 273 g/mol. The van der Waals surface area contributed by atoms with Crippen LogP contribution < -0.4 is 0 Å². The highest BCUT2D eigenvalue weighted by atomic mass is 15.4. The maximum atomic E-state index is 4.36. The normalized spacial score (nSPS) is 11.2. The quantitative estimate of drug-likeness (QED) is 0.725. The fourth-order valence-electron chi connectivity index (χ4n) is 2.01. The largest absolute Gasteiger partial charge is 0.252 e. The molecule has 108 valence electrons. The molecule has 0 aliphatic carbocycles. The van der Waals surface area contributed by atoms with Gasteiger partial charge in [0.2, 0.25) is 0 Å². The van der Waals surface area contributed by atoms with Crippen LogP contribution in [0.5, 0.6) is 0 Å². The summed E-state index contributed by atoms with van der Waals surface area (Å²) in [5, 5.41) is 8.35. The van der Waals surface area contributed by atoms with Gasteiger partial charge in [-0.05, 0) is 6.42 Å². The van der Waals surface area contributed by atoms with E-state index in [1.165, 1.54) is 19.3 Å². The van der Waals surface area contributed by atoms with Crippen molar-refractivity contribution in [1.29, 1.82) is 0 Å². The third kappa shape index (κ3) is 3.85. The Balaban J connectivity index is 1.97.